The van der Waals surface area contributed by atoms with Crippen LogP contribution >= 0.6 is 11.6 Å². The minimum atomic E-state index is -0.968. The van der Waals surface area contributed by atoms with E-state index in [0.717, 1.165) is 12.1 Å². The zero-order valence-corrected chi connectivity index (χ0v) is 19.4. The predicted octanol–water partition coefficient (Wildman–Crippen LogP) is 4.42. The van der Waals surface area contributed by atoms with E-state index in [0.29, 0.717) is 59.9 Å². The van der Waals surface area contributed by atoms with Gasteiger partial charge in [0.25, 0.3) is 5.91 Å². The first-order chi connectivity index (χ1) is 16.9. The number of carbonyl (C=O) groups excluding carboxylic acids is 1. The smallest absolute Gasteiger partial charge is 0.407 e. The topological polar surface area (TPSA) is 120 Å². The number of anilines is 2. The summed E-state index contributed by atoms with van der Waals surface area (Å²) in [4.78, 5) is 33.2. The molecular formula is C24H23ClFN5O4. The second kappa shape index (κ2) is 9.46. The third-order valence-corrected chi connectivity index (χ3v) is 6.67. The van der Waals surface area contributed by atoms with Crippen LogP contribution in [0.15, 0.2) is 36.7 Å². The second-order valence-corrected chi connectivity index (χ2v) is 8.79. The molecule has 0 unspecified atom stereocenters. The molecule has 1 saturated heterocycles. The Balaban J connectivity index is 1.53. The summed E-state index contributed by atoms with van der Waals surface area (Å²) >= 11 is 6.19. The quantitative estimate of drug-likeness (QED) is 0.398. The van der Waals surface area contributed by atoms with Crippen molar-refractivity contribution < 1.29 is 23.8 Å². The zero-order valence-electron chi connectivity index (χ0n) is 18.6. The van der Waals surface area contributed by atoms with Crippen LogP contribution in [0.25, 0.3) is 11.3 Å². The number of hydrogen-bond acceptors (Lipinski definition) is 5. The number of amides is 2. The van der Waals surface area contributed by atoms with Crippen LogP contribution in [0.5, 0.6) is 5.75 Å². The van der Waals surface area contributed by atoms with Crippen LogP contribution in [0.1, 0.15) is 28.9 Å². The number of aromatic nitrogens is 2. The van der Waals surface area contributed by atoms with Crippen molar-refractivity contribution in [1.29, 1.82) is 0 Å². The summed E-state index contributed by atoms with van der Waals surface area (Å²) in [6, 6.07) is 5.89. The lowest BCUT2D eigenvalue weighted by molar-refractivity contribution is 0.0946. The Morgan fingerprint density at radius 2 is 2.23 bits per heavy atom. The number of hydrogen-bond donors (Lipinski definition) is 4. The van der Waals surface area contributed by atoms with Gasteiger partial charge in [0.1, 0.15) is 18.2 Å². The third-order valence-electron chi connectivity index (χ3n) is 6.28. The number of pyridine rings is 1. The number of benzene rings is 1. The van der Waals surface area contributed by atoms with Crippen LogP contribution in [0.2, 0.25) is 5.02 Å². The monoisotopic (exact) mass is 499 g/mol. The molecule has 2 amide bonds. The van der Waals surface area contributed by atoms with Crippen LogP contribution in [-0.2, 0) is 6.42 Å². The molecule has 182 valence electrons. The van der Waals surface area contributed by atoms with Crippen molar-refractivity contribution >= 4 is 35.0 Å². The van der Waals surface area contributed by atoms with Crippen molar-refractivity contribution in [2.75, 3.05) is 25.0 Å². The number of rotatable bonds is 6. The maximum Gasteiger partial charge on any atom is 0.407 e. The minimum absolute atomic E-state index is 0.0918. The van der Waals surface area contributed by atoms with E-state index in [9.17, 15) is 19.1 Å². The van der Waals surface area contributed by atoms with Crippen molar-refractivity contribution in [1.82, 2.24) is 20.2 Å². The van der Waals surface area contributed by atoms with Crippen LogP contribution in [-0.4, -0.2) is 57.7 Å². The van der Waals surface area contributed by atoms with Gasteiger partial charge in [0.05, 0.1) is 39.9 Å². The van der Waals surface area contributed by atoms with E-state index < -0.39 is 11.9 Å². The molecule has 1 aromatic carbocycles. The fourth-order valence-electron chi connectivity index (χ4n) is 4.59. The van der Waals surface area contributed by atoms with Crippen molar-refractivity contribution in [3.05, 3.63) is 58.8 Å². The molecule has 4 N–H and O–H groups in total. The van der Waals surface area contributed by atoms with E-state index >= 15 is 0 Å². The van der Waals surface area contributed by atoms with Gasteiger partial charge in [0.15, 0.2) is 0 Å². The normalized spacial score (nSPS) is 17.1. The number of likely N-dealkylation sites (tertiary alicyclic amines) is 1. The Morgan fingerprint density at radius 3 is 3.06 bits per heavy atom. The molecule has 0 saturated carbocycles. The van der Waals surface area contributed by atoms with Crippen LogP contribution < -0.4 is 15.4 Å². The molecule has 4 heterocycles. The fourth-order valence-corrected chi connectivity index (χ4v) is 4.76. The molecular weight excluding hydrogens is 477 g/mol. The number of halogens is 2. The van der Waals surface area contributed by atoms with Crippen molar-refractivity contribution in [3.63, 3.8) is 0 Å². The van der Waals surface area contributed by atoms with Gasteiger partial charge in [-0.2, -0.15) is 0 Å². The lowest BCUT2D eigenvalue weighted by Gasteiger charge is -2.22. The van der Waals surface area contributed by atoms with Gasteiger partial charge in [-0.05, 0) is 31.0 Å². The summed E-state index contributed by atoms with van der Waals surface area (Å²) in [7, 11) is 0. The Kier molecular flexibility index (Phi) is 6.21. The lowest BCUT2D eigenvalue weighted by atomic mass is 10.0. The van der Waals surface area contributed by atoms with E-state index in [1.54, 1.807) is 24.5 Å². The number of nitrogens with one attached hydrogen (secondary N) is 3. The molecule has 1 fully saturated rings. The average Bonchev–Trinajstić information content (AvgIpc) is 3.46. The van der Waals surface area contributed by atoms with Gasteiger partial charge >= 0.3 is 6.09 Å². The van der Waals surface area contributed by atoms with E-state index in [2.05, 4.69) is 20.6 Å². The largest absolute Gasteiger partial charge is 0.489 e. The maximum absolute atomic E-state index is 14.1. The Morgan fingerprint density at radius 1 is 1.37 bits per heavy atom. The maximum atomic E-state index is 14.1. The summed E-state index contributed by atoms with van der Waals surface area (Å²) in [5.41, 5.74) is 3.08. The van der Waals surface area contributed by atoms with Crippen molar-refractivity contribution in [3.8, 4) is 17.0 Å². The standard InChI is InChI=1S/C24H23ClFN5O4/c25-20-15(26)4-1-5-17(20)30-22-19-16(7-9-28-23(19)32)29-21(22)14-6-8-27-11-18(14)35-12-13-3-2-10-31(13)24(33)34/h1,4-6,8,11,13,29-30H,2-3,7,9-10,12H2,(H,28,32)(H,33,34)/t13-/m0/s1. The number of H-pyrrole nitrogens is 1. The first kappa shape index (κ1) is 23.0. The predicted molar refractivity (Wildman–Crippen MR) is 128 cm³/mol. The molecule has 0 aliphatic carbocycles. The second-order valence-electron chi connectivity index (χ2n) is 8.42. The summed E-state index contributed by atoms with van der Waals surface area (Å²) in [6.45, 7) is 1.13. The summed E-state index contributed by atoms with van der Waals surface area (Å²) in [5.74, 6) is -0.417. The van der Waals surface area contributed by atoms with Gasteiger partial charge in [0.2, 0.25) is 0 Å². The van der Waals surface area contributed by atoms with Crippen LogP contribution in [0.3, 0.4) is 0 Å². The van der Waals surface area contributed by atoms with Gasteiger partial charge < -0.3 is 30.4 Å². The highest BCUT2D eigenvalue weighted by Crippen LogP contribution is 2.41. The van der Waals surface area contributed by atoms with Crippen molar-refractivity contribution in [2.45, 2.75) is 25.3 Å². The van der Waals surface area contributed by atoms with Crippen LogP contribution in [0.4, 0.5) is 20.6 Å². The molecule has 9 nitrogen and oxygen atoms in total. The first-order valence-electron chi connectivity index (χ1n) is 11.2. The fraction of sp³-hybridized carbons (Fsp3) is 0.292. The molecule has 5 rings (SSSR count). The zero-order chi connectivity index (χ0) is 24.5. The van der Waals surface area contributed by atoms with E-state index in [-0.39, 0.29) is 23.6 Å². The van der Waals surface area contributed by atoms with E-state index in [4.69, 9.17) is 16.3 Å². The number of nitrogens with zero attached hydrogens (tertiary/aromatic N) is 2. The molecule has 3 aromatic rings. The molecule has 11 heteroatoms. The van der Waals surface area contributed by atoms with Crippen LogP contribution in [0, 0.1) is 5.82 Å². The lowest BCUT2D eigenvalue weighted by Crippen LogP contribution is -2.38. The molecule has 2 aliphatic rings. The van der Waals surface area contributed by atoms with Gasteiger partial charge in [-0.1, -0.05) is 17.7 Å². The summed E-state index contributed by atoms with van der Waals surface area (Å²) < 4.78 is 20.2. The summed E-state index contributed by atoms with van der Waals surface area (Å²) in [5, 5.41) is 15.3. The summed E-state index contributed by atoms with van der Waals surface area (Å²) in [6.07, 6.45) is 4.26. The van der Waals surface area contributed by atoms with E-state index in [1.807, 2.05) is 0 Å². The average molecular weight is 500 g/mol. The van der Waals surface area contributed by atoms with Gasteiger partial charge in [-0.15, -0.1) is 0 Å². The Bertz CT molecular complexity index is 1300. The number of fused-ring (bicyclic) bond motifs is 1. The molecule has 0 spiro atoms. The highest BCUT2D eigenvalue weighted by atomic mass is 35.5. The number of aromatic amines is 1. The van der Waals surface area contributed by atoms with Crippen molar-refractivity contribution in [2.24, 2.45) is 0 Å². The first-order valence-corrected chi connectivity index (χ1v) is 11.6. The van der Waals surface area contributed by atoms with Gasteiger partial charge in [0, 0.05) is 37.0 Å². The van der Waals surface area contributed by atoms with E-state index in [1.165, 1.54) is 17.0 Å². The Labute approximate surface area is 205 Å². The highest BCUT2D eigenvalue weighted by Gasteiger charge is 2.31. The molecule has 2 aliphatic heterocycles. The Hall–Kier alpha value is -3.79. The minimum Gasteiger partial charge on any atom is -0.489 e. The molecule has 1 atom stereocenters. The molecule has 35 heavy (non-hydrogen) atoms. The number of carbonyl (C=O) groups is 2. The number of carboxylic acid groups (broad SMARTS) is 1. The highest BCUT2D eigenvalue weighted by molar-refractivity contribution is 6.33. The molecule has 0 bridgehead atoms. The molecule has 0 radical (unpaired) electrons. The molecule has 2 aromatic heterocycles. The third kappa shape index (κ3) is 4.37. The van der Waals surface area contributed by atoms with Gasteiger partial charge in [-0.25, -0.2) is 9.18 Å². The van der Waals surface area contributed by atoms with Gasteiger partial charge in [-0.3, -0.25) is 9.78 Å². The SMILES string of the molecule is O=C1NCCc2[nH]c(-c3ccncc3OC[C@@H]3CCCN3C(=O)O)c(Nc3cccc(F)c3Cl)c21. The number of ether oxygens (including phenoxy) is 1.